The van der Waals surface area contributed by atoms with Crippen LogP contribution in [0, 0.1) is 5.92 Å². The smallest absolute Gasteiger partial charge is 0.236 e. The molecule has 7 nitrogen and oxygen atoms in total. The predicted molar refractivity (Wildman–Crippen MR) is 282 cm³/mol. The van der Waals surface area contributed by atoms with Gasteiger partial charge in [0, 0.05) is 46.3 Å². The van der Waals surface area contributed by atoms with E-state index in [-0.39, 0.29) is 0 Å². The van der Waals surface area contributed by atoms with Crippen LogP contribution in [0.4, 0.5) is 0 Å². The number of likely N-dealkylation sites (tertiary alicyclic amines) is 1. The van der Waals surface area contributed by atoms with E-state index in [9.17, 15) is 9.59 Å². The van der Waals surface area contributed by atoms with Crippen molar-refractivity contribution >= 4 is 12.2 Å². The molecule has 0 radical (unpaired) electrons. The van der Waals surface area contributed by atoms with E-state index in [0.717, 1.165) is 83.8 Å². The highest BCUT2D eigenvalue weighted by Crippen LogP contribution is 2.22. The molecule has 0 unspecified atom stereocenters. The molecule has 0 spiro atoms. The number of nitrogens with zero attached hydrogens (tertiary/aromatic N) is 4. The number of unbranched alkanes of at least 4 members (excludes halogenated alkanes) is 27. The molecule has 382 valence electrons. The van der Waals surface area contributed by atoms with Crippen molar-refractivity contribution < 1.29 is 14.3 Å². The van der Waals surface area contributed by atoms with Crippen LogP contribution in [-0.2, 0) is 14.3 Å². The second kappa shape index (κ2) is 51.4. The minimum Gasteiger partial charge on any atom is -0.385 e. The third-order valence-corrected chi connectivity index (χ3v) is 14.0. The van der Waals surface area contributed by atoms with Crippen molar-refractivity contribution in [1.29, 1.82) is 0 Å². The van der Waals surface area contributed by atoms with Crippen LogP contribution in [0.5, 0.6) is 0 Å². The number of methoxy groups -OCH3 is 1. The van der Waals surface area contributed by atoms with Crippen LogP contribution in [0.2, 0.25) is 0 Å². The summed E-state index contributed by atoms with van der Waals surface area (Å²) in [6, 6.07) is 0. The van der Waals surface area contributed by atoms with E-state index in [4.69, 9.17) is 4.74 Å². The zero-order chi connectivity index (χ0) is 46.8. The molecule has 0 atom stereocenters. The van der Waals surface area contributed by atoms with Gasteiger partial charge >= 0.3 is 0 Å². The van der Waals surface area contributed by atoms with Gasteiger partial charge in [0.25, 0.3) is 0 Å². The fourth-order valence-electron chi connectivity index (χ4n) is 9.37. The Kier molecular flexibility index (Phi) is 50.6. The molecule has 64 heavy (non-hydrogen) atoms. The standard InChI is InChI=1S/C52H104N4O2.C5H12O/c1-5-9-13-17-21-25-30-39-53(40-34-29-35-49-57)44-36-51-37-45-56(46-38-51)52(58)50-55(43-33-28-24-20-16-12-8-4)48-47-54(41-31-26-22-18-14-10-6-2)42-32-27-23-19-15-11-7-3;1-3-4-5-6-2/h49,51H,5-48,50H2,1-4H3;3-5H2,1-2H3. The molecule has 0 N–H and O–H groups in total. The summed E-state index contributed by atoms with van der Waals surface area (Å²) in [7, 11) is 1.73. The topological polar surface area (TPSA) is 56.3 Å². The van der Waals surface area contributed by atoms with Crippen molar-refractivity contribution in [2.75, 3.05) is 85.7 Å². The molecule has 0 aromatic carbocycles. The maximum absolute atomic E-state index is 13.9. The van der Waals surface area contributed by atoms with E-state index in [1.807, 2.05) is 0 Å². The Morgan fingerprint density at radius 1 is 0.453 bits per heavy atom. The molecule has 1 aliphatic heterocycles. The Labute approximate surface area is 402 Å². The summed E-state index contributed by atoms with van der Waals surface area (Å²) >= 11 is 0. The molecule has 1 amide bonds. The number of hydrogen-bond donors (Lipinski definition) is 0. The quantitative estimate of drug-likeness (QED) is 0.0448. The lowest BCUT2D eigenvalue weighted by molar-refractivity contribution is -0.134. The first-order valence-electron chi connectivity index (χ1n) is 28.9. The van der Waals surface area contributed by atoms with Gasteiger partial charge in [-0.3, -0.25) is 9.69 Å². The molecule has 1 aliphatic rings. The molecular weight excluding hydrogens is 789 g/mol. The van der Waals surface area contributed by atoms with Crippen LogP contribution in [0.1, 0.15) is 266 Å². The van der Waals surface area contributed by atoms with E-state index >= 15 is 0 Å². The Balaban J connectivity index is 0.00000614. The van der Waals surface area contributed by atoms with Crippen molar-refractivity contribution in [2.24, 2.45) is 5.92 Å². The highest BCUT2D eigenvalue weighted by molar-refractivity contribution is 5.78. The Morgan fingerprint density at radius 3 is 1.17 bits per heavy atom. The van der Waals surface area contributed by atoms with E-state index < -0.39 is 0 Å². The molecular formula is C57H116N4O3. The number of ether oxygens (including phenoxy) is 1. The van der Waals surface area contributed by atoms with Gasteiger partial charge in [0.2, 0.25) is 5.91 Å². The van der Waals surface area contributed by atoms with Crippen LogP contribution in [0.3, 0.4) is 0 Å². The SMILES string of the molecule is CCCCCCCCCN(CCCCC=O)CCC1CCN(C(=O)CN(CCCCCCCCC)CCN(CCCCCCCCC)CCCCCCCCC)CC1.CCCCOC. The third-order valence-electron chi connectivity index (χ3n) is 14.0. The fourth-order valence-corrected chi connectivity index (χ4v) is 9.37. The molecule has 1 rings (SSSR count). The predicted octanol–water partition coefficient (Wildman–Crippen LogP) is 15.3. The average molecular weight is 906 g/mol. The summed E-state index contributed by atoms with van der Waals surface area (Å²) in [5.41, 5.74) is 0. The maximum Gasteiger partial charge on any atom is 0.236 e. The lowest BCUT2D eigenvalue weighted by atomic mass is 9.93. The third kappa shape index (κ3) is 42.3. The number of piperidine rings is 1. The van der Waals surface area contributed by atoms with Gasteiger partial charge in [-0.05, 0) is 109 Å². The summed E-state index contributed by atoms with van der Waals surface area (Å²) in [6.07, 6.45) is 47.9. The summed E-state index contributed by atoms with van der Waals surface area (Å²) < 4.78 is 4.78. The molecule has 1 heterocycles. The number of carbonyl (C=O) groups excluding carboxylic acids is 2. The van der Waals surface area contributed by atoms with E-state index in [1.165, 1.54) is 225 Å². The largest absolute Gasteiger partial charge is 0.385 e. The molecule has 0 aromatic heterocycles. The van der Waals surface area contributed by atoms with Gasteiger partial charge in [-0.25, -0.2) is 0 Å². The normalized spacial score (nSPS) is 13.4. The zero-order valence-corrected chi connectivity index (χ0v) is 44.6. The summed E-state index contributed by atoms with van der Waals surface area (Å²) in [6.45, 7) is 23.9. The van der Waals surface area contributed by atoms with Gasteiger partial charge in [-0.1, -0.05) is 195 Å². The average Bonchev–Trinajstić information content (AvgIpc) is 3.31. The first-order chi connectivity index (χ1) is 31.5. The molecule has 7 heteroatoms. The minimum atomic E-state index is 0.378. The highest BCUT2D eigenvalue weighted by atomic mass is 16.5. The second-order valence-corrected chi connectivity index (χ2v) is 20.1. The minimum absolute atomic E-state index is 0.378. The van der Waals surface area contributed by atoms with Gasteiger partial charge in [-0.2, -0.15) is 0 Å². The summed E-state index contributed by atoms with van der Waals surface area (Å²) in [5.74, 6) is 1.11. The Hall–Kier alpha value is -1.02. The van der Waals surface area contributed by atoms with Crippen molar-refractivity contribution in [3.8, 4) is 0 Å². The van der Waals surface area contributed by atoms with Gasteiger partial charge in [0.1, 0.15) is 6.29 Å². The van der Waals surface area contributed by atoms with E-state index in [2.05, 4.69) is 54.2 Å². The van der Waals surface area contributed by atoms with Crippen molar-refractivity contribution in [2.45, 2.75) is 266 Å². The van der Waals surface area contributed by atoms with Gasteiger partial charge in [0.05, 0.1) is 6.54 Å². The number of rotatable bonds is 48. The summed E-state index contributed by atoms with van der Waals surface area (Å²) in [4.78, 5) is 35.0. The van der Waals surface area contributed by atoms with Gasteiger partial charge < -0.3 is 24.2 Å². The molecule has 1 fully saturated rings. The number of carbonyl (C=O) groups is 2. The molecule has 0 bridgehead atoms. The van der Waals surface area contributed by atoms with Crippen LogP contribution >= 0.6 is 0 Å². The Bertz CT molecular complexity index is 906. The first kappa shape index (κ1) is 63.0. The molecule has 0 aromatic rings. The maximum atomic E-state index is 13.9. The number of amides is 1. The van der Waals surface area contributed by atoms with E-state index in [1.54, 1.807) is 7.11 Å². The van der Waals surface area contributed by atoms with Crippen molar-refractivity contribution in [1.82, 2.24) is 19.6 Å². The number of aldehydes is 1. The van der Waals surface area contributed by atoms with Crippen LogP contribution in [-0.4, -0.2) is 118 Å². The lowest BCUT2D eigenvalue weighted by Crippen LogP contribution is -2.46. The van der Waals surface area contributed by atoms with Crippen molar-refractivity contribution in [3.63, 3.8) is 0 Å². The molecule has 1 saturated heterocycles. The van der Waals surface area contributed by atoms with Gasteiger partial charge in [-0.15, -0.1) is 0 Å². The first-order valence-corrected chi connectivity index (χ1v) is 28.9. The Morgan fingerprint density at radius 2 is 0.797 bits per heavy atom. The lowest BCUT2D eigenvalue weighted by Gasteiger charge is -2.35. The van der Waals surface area contributed by atoms with Crippen LogP contribution in [0.25, 0.3) is 0 Å². The number of hydrogen-bond acceptors (Lipinski definition) is 6. The second-order valence-electron chi connectivity index (χ2n) is 20.1. The monoisotopic (exact) mass is 905 g/mol. The van der Waals surface area contributed by atoms with E-state index in [0.29, 0.717) is 18.9 Å². The fraction of sp³-hybridized carbons (Fsp3) is 0.965. The molecule has 0 aliphatic carbocycles. The van der Waals surface area contributed by atoms with Crippen LogP contribution < -0.4 is 0 Å². The van der Waals surface area contributed by atoms with Gasteiger partial charge in [0.15, 0.2) is 0 Å². The zero-order valence-electron chi connectivity index (χ0n) is 44.6. The highest BCUT2D eigenvalue weighted by Gasteiger charge is 2.25. The van der Waals surface area contributed by atoms with Crippen molar-refractivity contribution in [3.05, 3.63) is 0 Å². The summed E-state index contributed by atoms with van der Waals surface area (Å²) in [5, 5.41) is 0. The van der Waals surface area contributed by atoms with Crippen LogP contribution in [0.15, 0.2) is 0 Å². The molecule has 0 saturated carbocycles.